The van der Waals surface area contributed by atoms with E-state index < -0.39 is 5.60 Å². The van der Waals surface area contributed by atoms with E-state index in [0.29, 0.717) is 0 Å². The third-order valence-corrected chi connectivity index (χ3v) is 3.87. The largest absolute Gasteiger partial charge is 0.389 e. The lowest BCUT2D eigenvalue weighted by Gasteiger charge is -2.36. The van der Waals surface area contributed by atoms with Crippen LogP contribution in [0.15, 0.2) is 42.7 Å². The van der Waals surface area contributed by atoms with Gasteiger partial charge in [-0.3, -0.25) is 4.90 Å². The number of hydrogen-bond donors (Lipinski definition) is 1. The van der Waals surface area contributed by atoms with Crippen LogP contribution in [0.25, 0.3) is 5.69 Å². The number of rotatable bonds is 3. The molecule has 1 atom stereocenters. The molecule has 0 aliphatic carbocycles. The normalized spacial score (nSPS) is 23.9. The fourth-order valence-electron chi connectivity index (χ4n) is 2.89. The summed E-state index contributed by atoms with van der Waals surface area (Å²) in [5.74, 6) is 0. The molecule has 1 saturated heterocycles. The minimum absolute atomic E-state index is 0.534. The number of β-amino-alcohol motifs (C(OH)–C–C–N with tert-alkyl or cyclic N) is 1. The Kier molecular flexibility index (Phi) is 3.59. The van der Waals surface area contributed by atoms with Crippen LogP contribution in [0.2, 0.25) is 0 Å². The first kappa shape index (κ1) is 13.3. The summed E-state index contributed by atoms with van der Waals surface area (Å²) in [5, 5.41) is 14.4. The second kappa shape index (κ2) is 5.38. The number of nitrogens with zero attached hydrogens (tertiary/aromatic N) is 3. The number of hydrogen-bond acceptors (Lipinski definition) is 3. The van der Waals surface area contributed by atoms with Crippen molar-refractivity contribution in [1.29, 1.82) is 0 Å². The van der Waals surface area contributed by atoms with E-state index in [2.05, 4.69) is 34.3 Å². The van der Waals surface area contributed by atoms with Crippen LogP contribution in [0, 0.1) is 0 Å². The van der Waals surface area contributed by atoms with Gasteiger partial charge in [-0.2, -0.15) is 5.10 Å². The molecule has 4 nitrogen and oxygen atoms in total. The van der Waals surface area contributed by atoms with E-state index in [-0.39, 0.29) is 0 Å². The van der Waals surface area contributed by atoms with Crippen LogP contribution in [-0.4, -0.2) is 38.5 Å². The molecule has 1 fully saturated rings. The summed E-state index contributed by atoms with van der Waals surface area (Å²) in [4.78, 5) is 2.33. The van der Waals surface area contributed by atoms with Crippen molar-refractivity contribution in [2.24, 2.45) is 0 Å². The van der Waals surface area contributed by atoms with Crippen LogP contribution >= 0.6 is 0 Å². The first-order chi connectivity index (χ1) is 9.62. The van der Waals surface area contributed by atoms with E-state index >= 15 is 0 Å². The number of aromatic nitrogens is 2. The van der Waals surface area contributed by atoms with Gasteiger partial charge in [0.05, 0.1) is 11.3 Å². The van der Waals surface area contributed by atoms with E-state index in [4.69, 9.17) is 0 Å². The Morgan fingerprint density at radius 1 is 1.30 bits per heavy atom. The standard InChI is InChI=1S/C16H21N3O/c1-16(20)8-2-10-18(13-16)12-14-4-6-15(7-5-14)19-11-3-9-17-19/h3-7,9,11,20H,2,8,10,12-13H2,1H3. The minimum atomic E-state index is -0.534. The van der Waals surface area contributed by atoms with E-state index in [1.54, 1.807) is 6.20 Å². The highest BCUT2D eigenvalue weighted by molar-refractivity contribution is 5.33. The van der Waals surface area contributed by atoms with Crippen molar-refractivity contribution in [3.8, 4) is 5.69 Å². The zero-order chi connectivity index (χ0) is 14.0. The molecule has 106 valence electrons. The molecule has 0 spiro atoms. The Morgan fingerprint density at radius 3 is 2.75 bits per heavy atom. The Morgan fingerprint density at radius 2 is 2.10 bits per heavy atom. The molecule has 1 N–H and O–H groups in total. The van der Waals surface area contributed by atoms with E-state index in [0.717, 1.165) is 38.2 Å². The highest BCUT2D eigenvalue weighted by Gasteiger charge is 2.28. The van der Waals surface area contributed by atoms with Gasteiger partial charge in [-0.05, 0) is 50.1 Å². The number of piperidine rings is 1. The summed E-state index contributed by atoms with van der Waals surface area (Å²) in [6, 6.07) is 10.4. The Balaban J connectivity index is 1.66. The predicted octanol–water partition coefficient (Wildman–Crippen LogP) is 2.22. The van der Waals surface area contributed by atoms with Gasteiger partial charge in [0.15, 0.2) is 0 Å². The first-order valence-corrected chi connectivity index (χ1v) is 7.16. The molecule has 20 heavy (non-hydrogen) atoms. The fourth-order valence-corrected chi connectivity index (χ4v) is 2.89. The van der Waals surface area contributed by atoms with Crippen molar-refractivity contribution in [3.05, 3.63) is 48.3 Å². The summed E-state index contributed by atoms with van der Waals surface area (Å²) >= 11 is 0. The van der Waals surface area contributed by atoms with Crippen molar-refractivity contribution in [1.82, 2.24) is 14.7 Å². The lowest BCUT2D eigenvalue weighted by Crippen LogP contribution is -2.45. The first-order valence-electron chi connectivity index (χ1n) is 7.16. The van der Waals surface area contributed by atoms with Gasteiger partial charge in [0.25, 0.3) is 0 Å². The van der Waals surface area contributed by atoms with Crippen LogP contribution in [0.3, 0.4) is 0 Å². The molecule has 1 aliphatic rings. The van der Waals surface area contributed by atoms with Gasteiger partial charge in [0.2, 0.25) is 0 Å². The third-order valence-electron chi connectivity index (χ3n) is 3.87. The second-order valence-electron chi connectivity index (χ2n) is 5.93. The molecule has 1 unspecified atom stereocenters. The maximum absolute atomic E-state index is 10.1. The lowest BCUT2D eigenvalue weighted by atomic mass is 9.95. The van der Waals surface area contributed by atoms with Crippen molar-refractivity contribution in [3.63, 3.8) is 0 Å². The average Bonchev–Trinajstić information content (AvgIpc) is 2.92. The Labute approximate surface area is 119 Å². The van der Waals surface area contributed by atoms with Gasteiger partial charge >= 0.3 is 0 Å². The van der Waals surface area contributed by atoms with Crippen molar-refractivity contribution in [2.45, 2.75) is 31.9 Å². The number of aliphatic hydroxyl groups is 1. The summed E-state index contributed by atoms with van der Waals surface area (Å²) in [5.41, 5.74) is 1.82. The summed E-state index contributed by atoms with van der Waals surface area (Å²) in [7, 11) is 0. The SMILES string of the molecule is CC1(O)CCCN(Cc2ccc(-n3cccn3)cc2)C1. The molecule has 0 amide bonds. The average molecular weight is 271 g/mol. The number of benzene rings is 1. The quantitative estimate of drug-likeness (QED) is 0.930. The van der Waals surface area contributed by atoms with Crippen molar-refractivity contribution >= 4 is 0 Å². The summed E-state index contributed by atoms with van der Waals surface area (Å²) < 4.78 is 1.86. The molecule has 0 bridgehead atoms. The topological polar surface area (TPSA) is 41.3 Å². The fraction of sp³-hybridized carbons (Fsp3) is 0.438. The van der Waals surface area contributed by atoms with Gasteiger partial charge in [-0.15, -0.1) is 0 Å². The van der Waals surface area contributed by atoms with E-state index in [9.17, 15) is 5.11 Å². The molecule has 4 heteroatoms. The molecule has 0 radical (unpaired) electrons. The molecular weight excluding hydrogens is 250 g/mol. The monoisotopic (exact) mass is 271 g/mol. The Bertz CT molecular complexity index is 546. The zero-order valence-corrected chi connectivity index (χ0v) is 11.9. The van der Waals surface area contributed by atoms with Gasteiger partial charge < -0.3 is 5.11 Å². The smallest absolute Gasteiger partial charge is 0.0746 e. The molecule has 1 aliphatic heterocycles. The van der Waals surface area contributed by atoms with Crippen molar-refractivity contribution in [2.75, 3.05) is 13.1 Å². The van der Waals surface area contributed by atoms with E-state index in [1.807, 2.05) is 23.9 Å². The number of likely N-dealkylation sites (tertiary alicyclic amines) is 1. The molecule has 2 heterocycles. The molecule has 3 rings (SSSR count). The maximum atomic E-state index is 10.1. The maximum Gasteiger partial charge on any atom is 0.0746 e. The Hall–Kier alpha value is -1.65. The summed E-state index contributed by atoms with van der Waals surface area (Å²) in [6.07, 6.45) is 5.70. The van der Waals surface area contributed by atoms with Gasteiger partial charge in [0, 0.05) is 25.5 Å². The van der Waals surface area contributed by atoms with Gasteiger partial charge in [-0.25, -0.2) is 4.68 Å². The van der Waals surface area contributed by atoms with Crippen LogP contribution in [0.1, 0.15) is 25.3 Å². The third kappa shape index (κ3) is 3.08. The van der Waals surface area contributed by atoms with Crippen LogP contribution in [-0.2, 0) is 6.54 Å². The molecule has 2 aromatic rings. The highest BCUT2D eigenvalue weighted by Crippen LogP contribution is 2.22. The van der Waals surface area contributed by atoms with Crippen molar-refractivity contribution < 1.29 is 5.11 Å². The van der Waals surface area contributed by atoms with E-state index in [1.165, 1.54) is 5.56 Å². The highest BCUT2D eigenvalue weighted by atomic mass is 16.3. The zero-order valence-electron chi connectivity index (χ0n) is 11.9. The van der Waals surface area contributed by atoms with Crippen LogP contribution in [0.5, 0.6) is 0 Å². The van der Waals surface area contributed by atoms with Crippen LogP contribution in [0.4, 0.5) is 0 Å². The molecule has 1 aromatic heterocycles. The second-order valence-corrected chi connectivity index (χ2v) is 5.93. The van der Waals surface area contributed by atoms with Gasteiger partial charge in [0.1, 0.15) is 0 Å². The van der Waals surface area contributed by atoms with Gasteiger partial charge in [-0.1, -0.05) is 12.1 Å². The minimum Gasteiger partial charge on any atom is -0.389 e. The molecule has 0 saturated carbocycles. The predicted molar refractivity (Wildman–Crippen MR) is 78.7 cm³/mol. The summed E-state index contributed by atoms with van der Waals surface area (Å²) in [6.45, 7) is 4.65. The van der Waals surface area contributed by atoms with Crippen LogP contribution < -0.4 is 0 Å². The molecular formula is C16H21N3O. The lowest BCUT2D eigenvalue weighted by molar-refractivity contribution is -0.0181. The molecule has 1 aromatic carbocycles.